The fourth-order valence-electron chi connectivity index (χ4n) is 1.48. The van der Waals surface area contributed by atoms with Crippen LogP contribution in [0.2, 0.25) is 0 Å². The highest BCUT2D eigenvalue weighted by Crippen LogP contribution is 2.35. The van der Waals surface area contributed by atoms with Crippen molar-refractivity contribution in [3.05, 3.63) is 23.8 Å². The summed E-state index contributed by atoms with van der Waals surface area (Å²) in [5, 5.41) is 2.52. The zero-order chi connectivity index (χ0) is 11.9. The van der Waals surface area contributed by atoms with Gasteiger partial charge in [0.25, 0.3) is 11.8 Å². The van der Waals surface area contributed by atoms with Crippen molar-refractivity contribution in [1.82, 2.24) is 0 Å². The van der Waals surface area contributed by atoms with Gasteiger partial charge in [0, 0.05) is 12.5 Å². The Morgan fingerprint density at radius 3 is 2.75 bits per heavy atom. The molecule has 1 N–H and O–H groups in total. The fraction of sp³-hybridized carbons (Fsp3) is 0.364. The molecule has 5 heteroatoms. The second-order valence-corrected chi connectivity index (χ2v) is 3.85. The molecule has 1 aliphatic heterocycles. The first-order valence-corrected chi connectivity index (χ1v) is 4.88. The van der Waals surface area contributed by atoms with E-state index in [0.717, 1.165) is 6.92 Å². The van der Waals surface area contributed by atoms with Gasteiger partial charge in [-0.15, -0.1) is 0 Å². The van der Waals surface area contributed by atoms with Crippen LogP contribution in [-0.4, -0.2) is 12.0 Å². The Labute approximate surface area is 91.4 Å². The number of carbonyl (C=O) groups excluding carboxylic acids is 1. The quantitative estimate of drug-likeness (QED) is 0.800. The van der Waals surface area contributed by atoms with Crippen molar-refractivity contribution < 1.29 is 18.3 Å². The van der Waals surface area contributed by atoms with E-state index in [1.165, 1.54) is 18.2 Å². The molecule has 0 spiro atoms. The number of ether oxygens (including phenoxy) is 1. The molecule has 1 unspecified atom stereocenters. The minimum absolute atomic E-state index is 0.148. The van der Waals surface area contributed by atoms with E-state index in [1.54, 1.807) is 6.92 Å². The number of halogens is 2. The zero-order valence-corrected chi connectivity index (χ0v) is 8.88. The Bertz CT molecular complexity index is 440. The second-order valence-electron chi connectivity index (χ2n) is 3.85. The van der Waals surface area contributed by atoms with Crippen LogP contribution in [0.1, 0.15) is 19.4 Å². The normalized spacial score (nSPS) is 19.8. The van der Waals surface area contributed by atoms with Gasteiger partial charge in [-0.05, 0) is 25.1 Å². The van der Waals surface area contributed by atoms with Gasteiger partial charge in [-0.25, -0.2) is 8.78 Å². The number of benzene rings is 1. The summed E-state index contributed by atoms with van der Waals surface area (Å²) in [7, 11) is 0. The molecule has 1 aliphatic rings. The number of fused-ring (bicyclic) bond motifs is 1. The molecule has 0 saturated heterocycles. The van der Waals surface area contributed by atoms with E-state index in [2.05, 4.69) is 5.32 Å². The van der Waals surface area contributed by atoms with Gasteiger partial charge in [0.1, 0.15) is 5.75 Å². The molecule has 0 radical (unpaired) electrons. The van der Waals surface area contributed by atoms with Crippen LogP contribution in [0.3, 0.4) is 0 Å². The van der Waals surface area contributed by atoms with Gasteiger partial charge in [0.2, 0.25) is 0 Å². The lowest BCUT2D eigenvalue weighted by Crippen LogP contribution is -2.34. The van der Waals surface area contributed by atoms with Crippen molar-refractivity contribution in [2.75, 3.05) is 5.32 Å². The fourth-order valence-corrected chi connectivity index (χ4v) is 1.48. The monoisotopic (exact) mass is 227 g/mol. The van der Waals surface area contributed by atoms with E-state index in [-0.39, 0.29) is 11.5 Å². The maximum absolute atomic E-state index is 13.0. The first-order chi connectivity index (χ1) is 7.38. The molecular weight excluding hydrogens is 216 g/mol. The molecule has 86 valence electrons. The summed E-state index contributed by atoms with van der Waals surface area (Å²) in [5.74, 6) is -2.84. The molecule has 1 heterocycles. The first-order valence-electron chi connectivity index (χ1n) is 4.88. The van der Waals surface area contributed by atoms with Crippen LogP contribution in [0.4, 0.5) is 14.5 Å². The number of nitrogens with one attached hydrogen (secondary N) is 1. The SMILES string of the molecule is CC1Oc2ccc(C(C)(F)F)cc2NC1=O. The molecule has 0 bridgehead atoms. The van der Waals surface area contributed by atoms with E-state index < -0.39 is 12.0 Å². The topological polar surface area (TPSA) is 38.3 Å². The highest BCUT2D eigenvalue weighted by molar-refractivity contribution is 5.97. The Kier molecular flexibility index (Phi) is 2.33. The van der Waals surface area contributed by atoms with Crippen molar-refractivity contribution in [2.24, 2.45) is 0 Å². The Morgan fingerprint density at radius 2 is 2.12 bits per heavy atom. The predicted molar refractivity (Wildman–Crippen MR) is 54.7 cm³/mol. The third-order valence-corrected chi connectivity index (χ3v) is 2.42. The Morgan fingerprint density at radius 1 is 1.44 bits per heavy atom. The molecule has 3 nitrogen and oxygen atoms in total. The number of hydrogen-bond donors (Lipinski definition) is 1. The number of amides is 1. The third-order valence-electron chi connectivity index (χ3n) is 2.42. The molecule has 16 heavy (non-hydrogen) atoms. The summed E-state index contributed by atoms with van der Waals surface area (Å²) >= 11 is 0. The van der Waals surface area contributed by atoms with E-state index in [4.69, 9.17) is 4.74 Å². The van der Waals surface area contributed by atoms with E-state index >= 15 is 0 Å². The summed E-state index contributed by atoms with van der Waals surface area (Å²) in [6.07, 6.45) is -0.597. The summed E-state index contributed by atoms with van der Waals surface area (Å²) in [4.78, 5) is 11.3. The highest BCUT2D eigenvalue weighted by atomic mass is 19.3. The second kappa shape index (κ2) is 3.43. The van der Waals surface area contributed by atoms with Crippen LogP contribution in [0.25, 0.3) is 0 Å². The summed E-state index contributed by atoms with van der Waals surface area (Å²) in [6, 6.07) is 3.97. The Hall–Kier alpha value is -1.65. The molecular formula is C11H11F2NO2. The highest BCUT2D eigenvalue weighted by Gasteiger charge is 2.28. The largest absolute Gasteiger partial charge is 0.479 e. The van der Waals surface area contributed by atoms with Crippen LogP contribution in [0.15, 0.2) is 18.2 Å². The molecule has 0 aliphatic carbocycles. The predicted octanol–water partition coefficient (Wildman–Crippen LogP) is 2.52. The molecule has 1 amide bonds. The van der Waals surface area contributed by atoms with Gasteiger partial charge in [-0.1, -0.05) is 0 Å². The zero-order valence-electron chi connectivity index (χ0n) is 8.88. The molecule has 1 aromatic rings. The van der Waals surface area contributed by atoms with Crippen molar-refractivity contribution in [1.29, 1.82) is 0 Å². The first kappa shape index (κ1) is 10.9. The maximum atomic E-state index is 13.0. The van der Waals surface area contributed by atoms with Crippen LogP contribution in [-0.2, 0) is 10.7 Å². The van der Waals surface area contributed by atoms with Gasteiger partial charge in [0.15, 0.2) is 6.10 Å². The van der Waals surface area contributed by atoms with Crippen molar-refractivity contribution >= 4 is 11.6 Å². The number of anilines is 1. The van der Waals surface area contributed by atoms with E-state index in [0.29, 0.717) is 11.4 Å². The van der Waals surface area contributed by atoms with Gasteiger partial charge in [0.05, 0.1) is 5.69 Å². The lowest BCUT2D eigenvalue weighted by Gasteiger charge is -2.24. The van der Waals surface area contributed by atoms with Gasteiger partial charge in [-0.2, -0.15) is 0 Å². The average Bonchev–Trinajstić information content (AvgIpc) is 2.17. The van der Waals surface area contributed by atoms with Crippen molar-refractivity contribution in [3.63, 3.8) is 0 Å². The third kappa shape index (κ3) is 1.85. The molecule has 1 atom stereocenters. The van der Waals surface area contributed by atoms with Crippen LogP contribution < -0.4 is 10.1 Å². The summed E-state index contributed by atoms with van der Waals surface area (Å²) in [5.41, 5.74) is 0.145. The number of rotatable bonds is 1. The molecule has 0 fully saturated rings. The van der Waals surface area contributed by atoms with Gasteiger partial charge in [-0.3, -0.25) is 4.79 Å². The van der Waals surface area contributed by atoms with Gasteiger partial charge < -0.3 is 10.1 Å². The van der Waals surface area contributed by atoms with Gasteiger partial charge >= 0.3 is 0 Å². The van der Waals surface area contributed by atoms with E-state index in [1.807, 2.05) is 0 Å². The smallest absolute Gasteiger partial charge is 0.270 e. The minimum Gasteiger partial charge on any atom is -0.479 e. The molecule has 1 aromatic carbocycles. The van der Waals surface area contributed by atoms with Crippen LogP contribution >= 0.6 is 0 Å². The summed E-state index contributed by atoms with van der Waals surface area (Å²) in [6.45, 7) is 2.41. The lowest BCUT2D eigenvalue weighted by atomic mass is 10.1. The van der Waals surface area contributed by atoms with Crippen LogP contribution in [0.5, 0.6) is 5.75 Å². The molecule has 0 aromatic heterocycles. The number of carbonyl (C=O) groups is 1. The Balaban J connectivity index is 2.40. The number of hydrogen-bond acceptors (Lipinski definition) is 2. The van der Waals surface area contributed by atoms with Crippen molar-refractivity contribution in [3.8, 4) is 5.75 Å². The molecule has 2 rings (SSSR count). The summed E-state index contributed by atoms with van der Waals surface area (Å²) < 4.78 is 31.3. The minimum atomic E-state index is -2.93. The van der Waals surface area contributed by atoms with Crippen LogP contribution in [0, 0.1) is 0 Å². The number of alkyl halides is 2. The average molecular weight is 227 g/mol. The maximum Gasteiger partial charge on any atom is 0.270 e. The van der Waals surface area contributed by atoms with Crippen molar-refractivity contribution in [2.45, 2.75) is 25.9 Å². The lowest BCUT2D eigenvalue weighted by molar-refractivity contribution is -0.122. The van der Waals surface area contributed by atoms with E-state index in [9.17, 15) is 13.6 Å². The standard InChI is InChI=1S/C11H11F2NO2/c1-6-10(15)14-8-5-7(11(2,12)13)3-4-9(8)16-6/h3-6H,1-2H3,(H,14,15). The molecule has 0 saturated carbocycles.